The third kappa shape index (κ3) is 4.78. The summed E-state index contributed by atoms with van der Waals surface area (Å²) in [4.78, 5) is 33.1. The number of hydrogen-bond acceptors (Lipinski definition) is 8. The van der Waals surface area contributed by atoms with Crippen molar-refractivity contribution < 1.29 is 19.0 Å². The topological polar surface area (TPSA) is 79.1 Å². The van der Waals surface area contributed by atoms with Crippen molar-refractivity contribution in [2.75, 3.05) is 27.1 Å². The average molecular weight is 511 g/mol. The molecule has 0 amide bonds. The normalized spacial score (nSPS) is 15.5. The molecule has 0 saturated carbocycles. The first-order valence-electron chi connectivity index (χ1n) is 11.0. The van der Waals surface area contributed by atoms with Crippen molar-refractivity contribution in [3.05, 3.63) is 84.5 Å². The Labute approximate surface area is 211 Å². The van der Waals surface area contributed by atoms with Crippen molar-refractivity contribution in [2.45, 2.75) is 24.8 Å². The lowest BCUT2D eigenvalue weighted by Crippen LogP contribution is -2.40. The van der Waals surface area contributed by atoms with Gasteiger partial charge in [-0.15, -0.1) is 11.8 Å². The molecule has 0 aliphatic carbocycles. The van der Waals surface area contributed by atoms with Crippen LogP contribution in [0.3, 0.4) is 0 Å². The van der Waals surface area contributed by atoms with Crippen LogP contribution in [0.1, 0.15) is 31.0 Å². The molecule has 2 aromatic carbocycles. The Morgan fingerprint density at radius 1 is 1.17 bits per heavy atom. The minimum absolute atomic E-state index is 0.202. The Bertz CT molecular complexity index is 1470. The summed E-state index contributed by atoms with van der Waals surface area (Å²) in [5.41, 5.74) is 2.06. The summed E-state index contributed by atoms with van der Waals surface area (Å²) in [6, 6.07) is 12.5. The highest BCUT2D eigenvalue weighted by molar-refractivity contribution is 7.98. The van der Waals surface area contributed by atoms with Gasteiger partial charge in [0.05, 0.1) is 36.6 Å². The van der Waals surface area contributed by atoms with Gasteiger partial charge in [-0.2, -0.15) is 0 Å². The Kier molecular flexibility index (Phi) is 7.47. The molecule has 7 nitrogen and oxygen atoms in total. The molecule has 182 valence electrons. The van der Waals surface area contributed by atoms with Crippen molar-refractivity contribution in [3.8, 4) is 11.5 Å². The van der Waals surface area contributed by atoms with Crippen molar-refractivity contribution in [3.63, 3.8) is 0 Å². The number of carbonyl (C=O) groups excluding carboxylic acids is 1. The fourth-order valence-electron chi connectivity index (χ4n) is 3.99. The van der Waals surface area contributed by atoms with E-state index in [2.05, 4.69) is 4.99 Å². The Morgan fingerprint density at radius 2 is 1.91 bits per heavy atom. The van der Waals surface area contributed by atoms with E-state index in [0.29, 0.717) is 37.7 Å². The van der Waals surface area contributed by atoms with E-state index >= 15 is 0 Å². The van der Waals surface area contributed by atoms with Gasteiger partial charge in [0.25, 0.3) is 5.56 Å². The molecular formula is C26H26N2O5S2. The van der Waals surface area contributed by atoms with Crippen LogP contribution >= 0.6 is 23.1 Å². The second-order valence-electron chi connectivity index (χ2n) is 7.68. The number of allylic oxidation sites excluding steroid dienone is 1. The molecule has 0 radical (unpaired) electrons. The number of aromatic nitrogens is 1. The molecule has 0 fully saturated rings. The molecular weight excluding hydrogens is 484 g/mol. The fourth-order valence-corrected chi connectivity index (χ4v) is 5.45. The monoisotopic (exact) mass is 510 g/mol. The molecule has 0 N–H and O–H groups in total. The zero-order valence-corrected chi connectivity index (χ0v) is 21.8. The van der Waals surface area contributed by atoms with Gasteiger partial charge in [-0.25, -0.2) is 9.79 Å². The van der Waals surface area contributed by atoms with E-state index in [1.807, 2.05) is 36.6 Å². The van der Waals surface area contributed by atoms with Gasteiger partial charge in [-0.05, 0) is 62.1 Å². The molecule has 1 aliphatic heterocycles. The van der Waals surface area contributed by atoms with Crippen LogP contribution in [0.4, 0.5) is 0 Å². The van der Waals surface area contributed by atoms with Crippen LogP contribution in [0.15, 0.2) is 68.4 Å². The zero-order chi connectivity index (χ0) is 25.1. The van der Waals surface area contributed by atoms with E-state index in [1.54, 1.807) is 62.6 Å². The molecule has 0 saturated heterocycles. The minimum atomic E-state index is -0.781. The Balaban J connectivity index is 1.98. The van der Waals surface area contributed by atoms with Crippen molar-refractivity contribution in [1.29, 1.82) is 0 Å². The van der Waals surface area contributed by atoms with Crippen molar-refractivity contribution in [2.24, 2.45) is 4.99 Å². The van der Waals surface area contributed by atoms with E-state index in [9.17, 15) is 9.59 Å². The number of methoxy groups -OCH3 is 2. The molecule has 1 atom stereocenters. The first kappa shape index (κ1) is 24.8. The van der Waals surface area contributed by atoms with Crippen LogP contribution < -0.4 is 24.4 Å². The van der Waals surface area contributed by atoms with Gasteiger partial charge in [0.2, 0.25) is 0 Å². The highest BCUT2D eigenvalue weighted by Gasteiger charge is 2.35. The molecule has 2 heterocycles. The summed E-state index contributed by atoms with van der Waals surface area (Å²) in [7, 11) is 3.11. The van der Waals surface area contributed by atoms with Crippen LogP contribution in [0.5, 0.6) is 11.5 Å². The predicted octanol–water partition coefficient (Wildman–Crippen LogP) is 3.54. The summed E-state index contributed by atoms with van der Waals surface area (Å²) in [5, 5.41) is 0. The second-order valence-corrected chi connectivity index (χ2v) is 9.57. The van der Waals surface area contributed by atoms with Crippen molar-refractivity contribution >= 4 is 35.1 Å². The molecule has 1 aromatic heterocycles. The molecule has 0 spiro atoms. The number of carbonyl (C=O) groups is 1. The highest BCUT2D eigenvalue weighted by Crippen LogP contribution is 2.37. The van der Waals surface area contributed by atoms with Gasteiger partial charge >= 0.3 is 5.97 Å². The maximum absolute atomic E-state index is 13.7. The second kappa shape index (κ2) is 10.5. The third-order valence-electron chi connectivity index (χ3n) is 5.66. The molecule has 0 bridgehead atoms. The average Bonchev–Trinajstić information content (AvgIpc) is 3.17. The summed E-state index contributed by atoms with van der Waals surface area (Å²) in [5.74, 6) is 0.578. The van der Waals surface area contributed by atoms with Gasteiger partial charge in [-0.1, -0.05) is 23.5 Å². The van der Waals surface area contributed by atoms with E-state index in [4.69, 9.17) is 14.2 Å². The number of fused-ring (bicyclic) bond motifs is 1. The SMILES string of the molecule is CCOC(=O)C1=C(C)N=c2s/c(=C/c3ccc(SC)cc3)c(=O)n2[C@@H]1c1cc(OC)ccc1OC. The third-order valence-corrected chi connectivity index (χ3v) is 7.39. The van der Waals surface area contributed by atoms with Gasteiger partial charge in [0.15, 0.2) is 4.80 Å². The van der Waals surface area contributed by atoms with E-state index in [0.717, 1.165) is 10.5 Å². The Hall–Kier alpha value is -3.30. The van der Waals surface area contributed by atoms with E-state index in [-0.39, 0.29) is 12.2 Å². The molecule has 35 heavy (non-hydrogen) atoms. The number of esters is 1. The lowest BCUT2D eigenvalue weighted by atomic mass is 9.94. The lowest BCUT2D eigenvalue weighted by molar-refractivity contribution is -0.139. The molecule has 9 heteroatoms. The summed E-state index contributed by atoms with van der Waals surface area (Å²) in [6.45, 7) is 3.70. The molecule has 0 unspecified atom stereocenters. The van der Waals surface area contributed by atoms with Crippen LogP contribution in [-0.2, 0) is 9.53 Å². The maximum atomic E-state index is 13.7. The summed E-state index contributed by atoms with van der Waals surface area (Å²) >= 11 is 2.94. The zero-order valence-electron chi connectivity index (χ0n) is 20.2. The fraction of sp³-hybridized carbons (Fsp3) is 0.269. The minimum Gasteiger partial charge on any atom is -0.497 e. The first-order valence-corrected chi connectivity index (χ1v) is 13.0. The largest absolute Gasteiger partial charge is 0.497 e. The summed E-state index contributed by atoms with van der Waals surface area (Å²) < 4.78 is 18.5. The van der Waals surface area contributed by atoms with E-state index in [1.165, 1.54) is 11.3 Å². The number of thioether (sulfide) groups is 1. The van der Waals surface area contributed by atoms with E-state index < -0.39 is 12.0 Å². The standard InChI is InChI=1S/C26H26N2O5S2/c1-6-33-25(30)22-15(2)27-26-28(23(22)19-14-17(31-3)9-12-20(19)32-4)24(29)21(35-26)13-16-7-10-18(34-5)11-8-16/h7-14,23H,6H2,1-5H3/b21-13+/t23-/m1/s1. The van der Waals surface area contributed by atoms with Gasteiger partial charge in [-0.3, -0.25) is 9.36 Å². The van der Waals surface area contributed by atoms with Gasteiger partial charge in [0.1, 0.15) is 17.5 Å². The number of rotatable bonds is 7. The predicted molar refractivity (Wildman–Crippen MR) is 138 cm³/mol. The van der Waals surface area contributed by atoms with Gasteiger partial charge in [0, 0.05) is 10.5 Å². The van der Waals surface area contributed by atoms with Crippen molar-refractivity contribution in [1.82, 2.24) is 4.57 Å². The van der Waals surface area contributed by atoms with Crippen LogP contribution in [0.25, 0.3) is 6.08 Å². The van der Waals surface area contributed by atoms with Crippen LogP contribution in [0, 0.1) is 0 Å². The summed E-state index contributed by atoms with van der Waals surface area (Å²) in [6.07, 6.45) is 3.86. The number of ether oxygens (including phenoxy) is 3. The number of benzene rings is 2. The number of thiazole rings is 1. The van der Waals surface area contributed by atoms with Crippen LogP contribution in [0.2, 0.25) is 0 Å². The molecule has 3 aromatic rings. The highest BCUT2D eigenvalue weighted by atomic mass is 32.2. The van der Waals surface area contributed by atoms with Crippen LogP contribution in [-0.4, -0.2) is 37.6 Å². The quantitative estimate of drug-likeness (QED) is 0.357. The molecule has 1 aliphatic rings. The first-order chi connectivity index (χ1) is 16.9. The number of hydrogen-bond donors (Lipinski definition) is 0. The van der Waals surface area contributed by atoms with Gasteiger partial charge < -0.3 is 14.2 Å². The lowest BCUT2D eigenvalue weighted by Gasteiger charge is -2.26. The smallest absolute Gasteiger partial charge is 0.338 e. The Morgan fingerprint density at radius 3 is 2.54 bits per heavy atom. The number of nitrogens with zero attached hydrogens (tertiary/aromatic N) is 2. The molecule has 4 rings (SSSR count). The maximum Gasteiger partial charge on any atom is 0.338 e.